The zero-order valence-electron chi connectivity index (χ0n) is 33.5. The van der Waals surface area contributed by atoms with Crippen molar-refractivity contribution in [3.8, 4) is 0 Å². The normalized spacial score (nSPS) is 16.6. The van der Waals surface area contributed by atoms with Crippen LogP contribution in [0.3, 0.4) is 0 Å². The van der Waals surface area contributed by atoms with Gasteiger partial charge in [0.05, 0.1) is 16.8 Å². The molecule has 4 heterocycles. The van der Waals surface area contributed by atoms with Gasteiger partial charge in [0, 0.05) is 16.5 Å². The number of fused-ring (bicyclic) bond motifs is 12. The second-order valence-corrected chi connectivity index (χ2v) is 17.9. The van der Waals surface area contributed by atoms with Gasteiger partial charge in [-0.2, -0.15) is 0 Å². The van der Waals surface area contributed by atoms with Crippen LogP contribution in [-0.2, 0) is 16.2 Å². The third-order valence-corrected chi connectivity index (χ3v) is 14.6. The Balaban J connectivity index is 1.08. The van der Waals surface area contributed by atoms with Gasteiger partial charge < -0.3 is 4.90 Å². The molecule has 0 saturated heterocycles. The largest absolute Gasteiger partial charge is 0.310 e. The maximum absolute atomic E-state index is 2.46. The van der Waals surface area contributed by atoms with Crippen LogP contribution in [0.1, 0.15) is 72.2 Å². The first-order chi connectivity index (χ1) is 28.3. The van der Waals surface area contributed by atoms with E-state index in [0.717, 1.165) is 0 Å². The summed E-state index contributed by atoms with van der Waals surface area (Å²) in [7, 11) is 0. The molecule has 1 nitrogen and oxygen atoms in total. The Hall–Kier alpha value is -6.31. The number of hydrogen-bond acceptors (Lipinski definition) is 1. The van der Waals surface area contributed by atoms with Crippen LogP contribution in [0.15, 0.2) is 188 Å². The summed E-state index contributed by atoms with van der Waals surface area (Å²) < 4.78 is 0. The monoisotopic (exact) mass is 739 g/mol. The summed E-state index contributed by atoms with van der Waals surface area (Å²) in [4.78, 5) is 2.46. The number of hydrogen-bond donors (Lipinski definition) is 0. The summed E-state index contributed by atoms with van der Waals surface area (Å²) in [6, 6.07) is 71.9. The molecule has 0 fully saturated rings. The number of rotatable bonds is 2. The van der Waals surface area contributed by atoms with E-state index in [0.29, 0.717) is 0 Å². The molecule has 0 radical (unpaired) electrons. The highest BCUT2D eigenvalue weighted by atomic mass is 15.2. The van der Waals surface area contributed by atoms with Gasteiger partial charge in [-0.05, 0) is 68.8 Å². The summed E-state index contributed by atoms with van der Waals surface area (Å²) in [5, 5.41) is 0. The van der Waals surface area contributed by atoms with E-state index >= 15 is 0 Å². The molecule has 0 aliphatic carbocycles. The molecule has 4 aliphatic rings. The molecule has 0 atom stereocenters. The van der Waals surface area contributed by atoms with Crippen molar-refractivity contribution in [1.29, 1.82) is 0 Å². The number of para-hydroxylation sites is 2. The number of anilines is 3. The van der Waals surface area contributed by atoms with Crippen LogP contribution < -0.4 is 37.7 Å². The molecule has 0 amide bonds. The average Bonchev–Trinajstić information content (AvgIpc) is 3.26. The van der Waals surface area contributed by atoms with Gasteiger partial charge in [0.1, 0.15) is 0 Å². The van der Waals surface area contributed by atoms with Crippen LogP contribution in [0, 0.1) is 0 Å². The molecule has 3 heteroatoms. The summed E-state index contributed by atoms with van der Waals surface area (Å²) >= 11 is 0. The Labute approximate surface area is 343 Å². The summed E-state index contributed by atoms with van der Waals surface area (Å²) in [6.45, 7) is 9.81. The van der Waals surface area contributed by atoms with Crippen molar-refractivity contribution in [2.75, 3.05) is 4.90 Å². The minimum atomic E-state index is -0.474. The highest BCUT2D eigenvalue weighted by molar-refractivity contribution is 6.98. The highest BCUT2D eigenvalue weighted by Gasteiger charge is 2.55. The molecule has 12 rings (SSSR count). The van der Waals surface area contributed by atoms with E-state index in [-0.39, 0.29) is 24.3 Å². The fraction of sp³-hybridized carbons (Fsp3) is 0.127. The van der Waals surface area contributed by atoms with E-state index in [1.165, 1.54) is 94.3 Å². The number of nitrogens with zero attached hydrogens (tertiary/aromatic N) is 1. The minimum absolute atomic E-state index is 0.0773. The molecule has 8 aromatic rings. The van der Waals surface area contributed by atoms with E-state index in [9.17, 15) is 0 Å². The van der Waals surface area contributed by atoms with E-state index in [1.807, 2.05) is 0 Å². The first-order valence-corrected chi connectivity index (χ1v) is 20.9. The van der Waals surface area contributed by atoms with Crippen LogP contribution in [0.5, 0.6) is 0 Å². The third-order valence-electron chi connectivity index (χ3n) is 14.6. The molecule has 8 aromatic carbocycles. The number of benzene rings is 8. The van der Waals surface area contributed by atoms with Crippen LogP contribution in [0.2, 0.25) is 0 Å². The second-order valence-electron chi connectivity index (χ2n) is 17.9. The molecule has 4 aliphatic heterocycles. The van der Waals surface area contributed by atoms with Gasteiger partial charge in [0.2, 0.25) is 13.4 Å². The van der Waals surface area contributed by atoms with Crippen LogP contribution >= 0.6 is 0 Å². The third kappa shape index (κ3) is 4.19. The molecule has 0 saturated carbocycles. The average molecular weight is 740 g/mol. The van der Waals surface area contributed by atoms with E-state index in [1.54, 1.807) is 0 Å². The SMILES string of the molecule is CC1(C)c2ccccc2N(c2ccc(B3c4ccccc4C4(c5ccccc53)c3ccccc3B3c5ccccc5C(C)(C)c5cccc4c53)cc2)c2ccccc21. The Morgan fingerprint density at radius 1 is 0.328 bits per heavy atom. The first kappa shape index (κ1) is 33.8. The molecule has 274 valence electrons. The van der Waals surface area contributed by atoms with Crippen molar-refractivity contribution >= 4 is 63.3 Å². The quantitative estimate of drug-likeness (QED) is 0.161. The molecule has 0 aromatic heterocycles. The van der Waals surface area contributed by atoms with Gasteiger partial charge >= 0.3 is 0 Å². The Kier molecular flexibility index (Phi) is 6.92. The molecular formula is C55H43B2N. The van der Waals surface area contributed by atoms with Crippen LogP contribution in [0.4, 0.5) is 17.1 Å². The molecular weight excluding hydrogens is 696 g/mol. The van der Waals surface area contributed by atoms with E-state index in [4.69, 9.17) is 0 Å². The standard InChI is InChI=1S/C55H43B2N/c1-53(2)38-18-5-11-26-46(38)57-49-29-14-8-21-41(49)55(45-25-17-24-44(53)52(45)57)39-19-6-12-27-47(39)56(48-28-13-7-20-40(48)55)36-32-34-37(35-33-36)58-50-30-15-9-22-42(50)54(3,4)43-23-10-16-31-51(43)58/h5-35H,1-4H3. The highest BCUT2D eigenvalue weighted by Crippen LogP contribution is 2.52. The fourth-order valence-electron chi connectivity index (χ4n) is 12.1. The second kappa shape index (κ2) is 11.9. The van der Waals surface area contributed by atoms with Gasteiger partial charge in [-0.25, -0.2) is 0 Å². The van der Waals surface area contributed by atoms with E-state index in [2.05, 4.69) is 221 Å². The first-order valence-electron chi connectivity index (χ1n) is 20.9. The predicted octanol–water partition coefficient (Wildman–Crippen LogP) is 8.48. The summed E-state index contributed by atoms with van der Waals surface area (Å²) in [6.07, 6.45) is 0. The Morgan fingerprint density at radius 2 is 0.707 bits per heavy atom. The van der Waals surface area contributed by atoms with Crippen molar-refractivity contribution < 1.29 is 0 Å². The summed E-state index contributed by atoms with van der Waals surface area (Å²) in [5.41, 5.74) is 22.6. The molecule has 0 N–H and O–H groups in total. The van der Waals surface area contributed by atoms with Gasteiger partial charge in [-0.15, -0.1) is 0 Å². The molecule has 58 heavy (non-hydrogen) atoms. The Bertz CT molecular complexity index is 2900. The summed E-state index contributed by atoms with van der Waals surface area (Å²) in [5.74, 6) is 0. The molecule has 0 bridgehead atoms. The molecule has 1 spiro atoms. The van der Waals surface area contributed by atoms with Crippen molar-refractivity contribution in [2.24, 2.45) is 0 Å². The lowest BCUT2D eigenvalue weighted by Gasteiger charge is -2.52. The van der Waals surface area contributed by atoms with Gasteiger partial charge in [0.15, 0.2) is 0 Å². The van der Waals surface area contributed by atoms with Crippen LogP contribution in [-0.4, -0.2) is 13.4 Å². The maximum atomic E-state index is 2.46. The minimum Gasteiger partial charge on any atom is -0.310 e. The zero-order chi connectivity index (χ0) is 39.0. The van der Waals surface area contributed by atoms with Gasteiger partial charge in [0.25, 0.3) is 0 Å². The molecule has 0 unspecified atom stereocenters. The maximum Gasteiger partial charge on any atom is 0.242 e. The Morgan fingerprint density at radius 3 is 1.24 bits per heavy atom. The predicted molar refractivity (Wildman–Crippen MR) is 246 cm³/mol. The van der Waals surface area contributed by atoms with Crippen LogP contribution in [0.25, 0.3) is 0 Å². The van der Waals surface area contributed by atoms with Gasteiger partial charge in [-0.1, -0.05) is 224 Å². The zero-order valence-corrected chi connectivity index (χ0v) is 33.5. The van der Waals surface area contributed by atoms with Crippen molar-refractivity contribution in [3.63, 3.8) is 0 Å². The van der Waals surface area contributed by atoms with Gasteiger partial charge in [-0.3, -0.25) is 0 Å². The lowest BCUT2D eigenvalue weighted by Crippen LogP contribution is -2.70. The smallest absolute Gasteiger partial charge is 0.242 e. The van der Waals surface area contributed by atoms with Crippen molar-refractivity contribution in [3.05, 3.63) is 233 Å². The van der Waals surface area contributed by atoms with Crippen molar-refractivity contribution in [1.82, 2.24) is 0 Å². The topological polar surface area (TPSA) is 3.24 Å². The fourth-order valence-corrected chi connectivity index (χ4v) is 12.1. The lowest BCUT2D eigenvalue weighted by atomic mass is 9.24. The van der Waals surface area contributed by atoms with E-state index < -0.39 is 5.41 Å². The van der Waals surface area contributed by atoms with Crippen molar-refractivity contribution in [2.45, 2.75) is 43.9 Å². The lowest BCUT2D eigenvalue weighted by molar-refractivity contribution is 0.632.